The SMILES string of the molecule is O=C1CCN(C(=O)c2cn(CC3CCC(c4ccccc4)CC3)c3cccnc23)CC1. The zero-order valence-electron chi connectivity index (χ0n) is 17.9. The largest absolute Gasteiger partial charge is 0.345 e. The Kier molecular flexibility index (Phi) is 5.58. The van der Waals surface area contributed by atoms with Crippen molar-refractivity contribution < 1.29 is 9.59 Å². The Balaban J connectivity index is 1.32. The van der Waals surface area contributed by atoms with Crippen LogP contribution in [0.2, 0.25) is 0 Å². The second kappa shape index (κ2) is 8.66. The highest BCUT2D eigenvalue weighted by atomic mass is 16.2. The lowest BCUT2D eigenvalue weighted by atomic mass is 9.78. The van der Waals surface area contributed by atoms with Gasteiger partial charge in [0.15, 0.2) is 0 Å². The number of amides is 1. The van der Waals surface area contributed by atoms with Crippen molar-refractivity contribution >= 4 is 22.7 Å². The summed E-state index contributed by atoms with van der Waals surface area (Å²) in [5, 5.41) is 0. The predicted octanol–water partition coefficient (Wildman–Crippen LogP) is 4.82. The molecule has 3 aromatic rings. The molecule has 0 unspecified atom stereocenters. The van der Waals surface area contributed by atoms with Gasteiger partial charge in [-0.2, -0.15) is 0 Å². The number of nitrogens with zero attached hydrogens (tertiary/aromatic N) is 3. The second-order valence-electron chi connectivity index (χ2n) is 9.03. The van der Waals surface area contributed by atoms with E-state index in [0.29, 0.717) is 43.3 Å². The minimum Gasteiger partial charge on any atom is -0.345 e. The molecule has 2 fully saturated rings. The topological polar surface area (TPSA) is 55.2 Å². The van der Waals surface area contributed by atoms with Crippen LogP contribution < -0.4 is 0 Å². The lowest BCUT2D eigenvalue weighted by Gasteiger charge is -2.29. The van der Waals surface area contributed by atoms with E-state index in [4.69, 9.17) is 0 Å². The van der Waals surface area contributed by atoms with Crippen molar-refractivity contribution in [2.24, 2.45) is 5.92 Å². The van der Waals surface area contributed by atoms with Crippen LogP contribution in [0.3, 0.4) is 0 Å². The molecule has 2 aromatic heterocycles. The van der Waals surface area contributed by atoms with E-state index in [-0.39, 0.29) is 11.7 Å². The molecule has 3 heterocycles. The van der Waals surface area contributed by atoms with Crippen LogP contribution in [0, 0.1) is 5.92 Å². The van der Waals surface area contributed by atoms with Crippen molar-refractivity contribution in [1.82, 2.24) is 14.5 Å². The van der Waals surface area contributed by atoms with E-state index in [0.717, 1.165) is 17.6 Å². The molecule has 2 aliphatic rings. The van der Waals surface area contributed by atoms with E-state index >= 15 is 0 Å². The first-order chi connectivity index (χ1) is 15.2. The van der Waals surface area contributed by atoms with E-state index in [1.165, 1.54) is 31.2 Å². The highest BCUT2D eigenvalue weighted by Gasteiger charge is 2.27. The Morgan fingerprint density at radius 1 is 0.968 bits per heavy atom. The maximum atomic E-state index is 13.2. The average Bonchev–Trinajstić information content (AvgIpc) is 3.19. The van der Waals surface area contributed by atoms with Crippen LogP contribution >= 0.6 is 0 Å². The van der Waals surface area contributed by atoms with Crippen molar-refractivity contribution in [2.45, 2.75) is 51.0 Å². The van der Waals surface area contributed by atoms with Gasteiger partial charge >= 0.3 is 0 Å². The number of carbonyl (C=O) groups excluding carboxylic acids is 2. The van der Waals surface area contributed by atoms with Gasteiger partial charge in [0.2, 0.25) is 0 Å². The number of ketones is 1. The number of hydrogen-bond acceptors (Lipinski definition) is 3. The summed E-state index contributed by atoms with van der Waals surface area (Å²) in [5.74, 6) is 1.53. The molecule has 1 aliphatic carbocycles. The number of pyridine rings is 1. The lowest BCUT2D eigenvalue weighted by Crippen LogP contribution is -2.38. The molecule has 0 atom stereocenters. The van der Waals surface area contributed by atoms with Gasteiger partial charge in [-0.3, -0.25) is 14.6 Å². The third-order valence-corrected chi connectivity index (χ3v) is 7.05. The third kappa shape index (κ3) is 4.14. The van der Waals surface area contributed by atoms with Gasteiger partial charge in [-0.25, -0.2) is 0 Å². The summed E-state index contributed by atoms with van der Waals surface area (Å²) in [6.45, 7) is 1.96. The Labute approximate surface area is 183 Å². The van der Waals surface area contributed by atoms with Crippen LogP contribution in [-0.2, 0) is 11.3 Å². The fraction of sp³-hybridized carbons (Fsp3) is 0.423. The molecule has 0 bridgehead atoms. The second-order valence-corrected chi connectivity index (χ2v) is 9.03. The Bertz CT molecular complexity index is 1070. The molecule has 1 aliphatic heterocycles. The molecule has 5 nitrogen and oxygen atoms in total. The number of hydrogen-bond donors (Lipinski definition) is 0. The van der Waals surface area contributed by atoms with Crippen LogP contribution in [0.15, 0.2) is 54.9 Å². The maximum absolute atomic E-state index is 13.2. The van der Waals surface area contributed by atoms with E-state index < -0.39 is 0 Å². The number of Topliss-reactive ketones (excluding diaryl/α,β-unsaturated/α-hetero) is 1. The van der Waals surface area contributed by atoms with Crippen LogP contribution in [0.4, 0.5) is 0 Å². The minimum absolute atomic E-state index is 0.00253. The van der Waals surface area contributed by atoms with Crippen molar-refractivity contribution in [3.8, 4) is 0 Å². The lowest BCUT2D eigenvalue weighted by molar-refractivity contribution is -0.120. The van der Waals surface area contributed by atoms with Gasteiger partial charge in [0, 0.05) is 44.9 Å². The van der Waals surface area contributed by atoms with Crippen molar-refractivity contribution in [3.63, 3.8) is 0 Å². The van der Waals surface area contributed by atoms with Gasteiger partial charge in [-0.15, -0.1) is 0 Å². The third-order valence-electron chi connectivity index (χ3n) is 7.05. The number of aromatic nitrogens is 2. The molecule has 5 heteroatoms. The van der Waals surface area contributed by atoms with Gasteiger partial charge in [-0.1, -0.05) is 30.3 Å². The van der Waals surface area contributed by atoms with Crippen LogP contribution in [0.25, 0.3) is 11.0 Å². The summed E-state index contributed by atoms with van der Waals surface area (Å²) in [6.07, 6.45) is 9.53. The van der Waals surface area contributed by atoms with Crippen molar-refractivity contribution in [3.05, 3.63) is 66.0 Å². The van der Waals surface area contributed by atoms with E-state index in [9.17, 15) is 9.59 Å². The first-order valence-electron chi connectivity index (χ1n) is 11.5. The molecule has 1 aromatic carbocycles. The summed E-state index contributed by atoms with van der Waals surface area (Å²) in [7, 11) is 0. The highest BCUT2D eigenvalue weighted by molar-refractivity contribution is 6.05. The molecule has 1 saturated heterocycles. The number of fused-ring (bicyclic) bond motifs is 1. The molecule has 5 rings (SSSR count). The van der Waals surface area contributed by atoms with Gasteiger partial charge < -0.3 is 9.47 Å². The van der Waals surface area contributed by atoms with E-state index in [1.807, 2.05) is 12.3 Å². The highest BCUT2D eigenvalue weighted by Crippen LogP contribution is 2.37. The normalized spacial score (nSPS) is 22.1. The maximum Gasteiger partial charge on any atom is 0.257 e. The first kappa shape index (κ1) is 20.0. The van der Waals surface area contributed by atoms with Crippen molar-refractivity contribution in [1.29, 1.82) is 0 Å². The van der Waals surface area contributed by atoms with Gasteiger partial charge in [0.1, 0.15) is 11.3 Å². The number of likely N-dealkylation sites (tertiary alicyclic amines) is 1. The van der Waals surface area contributed by atoms with E-state index in [2.05, 4.69) is 45.9 Å². The Hall–Kier alpha value is -2.95. The molecule has 1 saturated carbocycles. The standard InChI is InChI=1S/C26H29N3O2/c30-22-12-15-28(16-13-22)26(31)23-18-29(24-7-4-14-27-25(23)24)17-19-8-10-21(11-9-19)20-5-2-1-3-6-20/h1-7,14,18-19,21H,8-13,15-17H2. The fourth-order valence-electron chi connectivity index (χ4n) is 5.24. The van der Waals surface area contributed by atoms with Crippen LogP contribution in [-0.4, -0.2) is 39.2 Å². The monoisotopic (exact) mass is 415 g/mol. The molecule has 0 radical (unpaired) electrons. The number of piperidine rings is 1. The zero-order valence-corrected chi connectivity index (χ0v) is 17.9. The molecule has 1 amide bonds. The molecular weight excluding hydrogens is 386 g/mol. The fourth-order valence-corrected chi connectivity index (χ4v) is 5.24. The molecule has 0 N–H and O–H groups in total. The first-order valence-corrected chi connectivity index (χ1v) is 11.5. The smallest absolute Gasteiger partial charge is 0.257 e. The number of benzene rings is 1. The van der Waals surface area contributed by atoms with E-state index in [1.54, 1.807) is 11.1 Å². The number of rotatable bonds is 4. The zero-order chi connectivity index (χ0) is 21.2. The van der Waals surface area contributed by atoms with Gasteiger partial charge in [0.25, 0.3) is 5.91 Å². The molecular formula is C26H29N3O2. The quantitative estimate of drug-likeness (QED) is 0.614. The average molecular weight is 416 g/mol. The summed E-state index contributed by atoms with van der Waals surface area (Å²) in [6, 6.07) is 14.9. The molecule has 31 heavy (non-hydrogen) atoms. The number of carbonyl (C=O) groups is 2. The van der Waals surface area contributed by atoms with Crippen LogP contribution in [0.5, 0.6) is 0 Å². The van der Waals surface area contributed by atoms with Crippen molar-refractivity contribution in [2.75, 3.05) is 13.1 Å². The molecule has 0 spiro atoms. The predicted molar refractivity (Wildman–Crippen MR) is 121 cm³/mol. The molecule has 160 valence electrons. The minimum atomic E-state index is 0.00253. The summed E-state index contributed by atoms with van der Waals surface area (Å²) in [5.41, 5.74) is 3.94. The van der Waals surface area contributed by atoms with Gasteiger partial charge in [-0.05, 0) is 55.2 Å². The summed E-state index contributed by atoms with van der Waals surface area (Å²) in [4.78, 5) is 31.1. The summed E-state index contributed by atoms with van der Waals surface area (Å²) >= 11 is 0. The van der Waals surface area contributed by atoms with Crippen LogP contribution in [0.1, 0.15) is 60.4 Å². The summed E-state index contributed by atoms with van der Waals surface area (Å²) < 4.78 is 2.23. The Morgan fingerprint density at radius 3 is 2.45 bits per heavy atom. The Morgan fingerprint density at radius 2 is 1.71 bits per heavy atom. The van der Waals surface area contributed by atoms with Gasteiger partial charge in [0.05, 0.1) is 11.1 Å².